The molecular weight excluding hydrogens is 427 g/mol. The van der Waals surface area contributed by atoms with Crippen LogP contribution >= 0.6 is 23.2 Å². The van der Waals surface area contributed by atoms with Gasteiger partial charge >= 0.3 is 5.97 Å². The first kappa shape index (κ1) is 23.9. The van der Waals surface area contributed by atoms with Crippen LogP contribution in [0.5, 0.6) is 11.5 Å². The van der Waals surface area contributed by atoms with Gasteiger partial charge in [0.25, 0.3) is 0 Å². The van der Waals surface area contributed by atoms with E-state index in [0.717, 1.165) is 12.0 Å². The van der Waals surface area contributed by atoms with Gasteiger partial charge in [-0.3, -0.25) is 0 Å². The van der Waals surface area contributed by atoms with Crippen LogP contribution in [0.1, 0.15) is 31.4 Å². The third-order valence-electron chi connectivity index (χ3n) is 4.26. The van der Waals surface area contributed by atoms with E-state index in [1.807, 2.05) is 18.2 Å². The summed E-state index contributed by atoms with van der Waals surface area (Å²) in [5.41, 5.74) is 1.72. The Bertz CT molecular complexity index is 870. The SMILES string of the molecule is CO/C=C(/C(=O)OC)c1ccccc1COc1cc(Cl)c(OCCC(C)C)c(Cl)c1. The van der Waals surface area contributed by atoms with Crippen molar-refractivity contribution in [1.82, 2.24) is 0 Å². The van der Waals surface area contributed by atoms with Crippen molar-refractivity contribution >= 4 is 34.7 Å². The highest BCUT2D eigenvalue weighted by Crippen LogP contribution is 2.37. The molecule has 0 fully saturated rings. The quantitative estimate of drug-likeness (QED) is 0.245. The normalized spacial score (nSPS) is 11.4. The van der Waals surface area contributed by atoms with Gasteiger partial charge in [0.2, 0.25) is 0 Å². The molecule has 2 aromatic carbocycles. The first-order valence-corrected chi connectivity index (χ1v) is 10.3. The summed E-state index contributed by atoms with van der Waals surface area (Å²) in [6.07, 6.45) is 2.25. The molecule has 30 heavy (non-hydrogen) atoms. The second-order valence-electron chi connectivity index (χ2n) is 6.95. The number of hydrogen-bond acceptors (Lipinski definition) is 5. The first-order valence-electron chi connectivity index (χ1n) is 9.51. The van der Waals surface area contributed by atoms with Crippen molar-refractivity contribution in [3.8, 4) is 11.5 Å². The number of hydrogen-bond donors (Lipinski definition) is 0. The maximum atomic E-state index is 12.1. The highest BCUT2D eigenvalue weighted by molar-refractivity contribution is 6.37. The Morgan fingerprint density at radius 3 is 2.33 bits per heavy atom. The van der Waals surface area contributed by atoms with Crippen LogP contribution in [0.15, 0.2) is 42.7 Å². The van der Waals surface area contributed by atoms with Gasteiger partial charge in [0.15, 0.2) is 5.75 Å². The van der Waals surface area contributed by atoms with E-state index in [4.69, 9.17) is 42.1 Å². The van der Waals surface area contributed by atoms with Crippen LogP contribution in [0.4, 0.5) is 0 Å². The van der Waals surface area contributed by atoms with Crippen molar-refractivity contribution in [3.63, 3.8) is 0 Å². The standard InChI is InChI=1S/C23H26Cl2O5/c1-15(2)9-10-29-22-20(24)11-17(12-21(22)25)30-13-16-7-5-6-8-18(16)19(14-27-3)23(26)28-4/h5-8,11-12,14-15H,9-10,13H2,1-4H3/b19-14+. The molecule has 0 aromatic heterocycles. The maximum absolute atomic E-state index is 12.1. The summed E-state index contributed by atoms with van der Waals surface area (Å²) in [5, 5.41) is 0.758. The molecule has 0 bridgehead atoms. The molecule has 0 saturated heterocycles. The third-order valence-corrected chi connectivity index (χ3v) is 4.82. The van der Waals surface area contributed by atoms with Crippen molar-refractivity contribution < 1.29 is 23.7 Å². The minimum atomic E-state index is -0.502. The van der Waals surface area contributed by atoms with E-state index in [9.17, 15) is 4.79 Å². The van der Waals surface area contributed by atoms with Crippen LogP contribution < -0.4 is 9.47 Å². The molecule has 2 aromatic rings. The first-order chi connectivity index (χ1) is 14.4. The summed E-state index contributed by atoms with van der Waals surface area (Å²) < 4.78 is 21.5. The van der Waals surface area contributed by atoms with Crippen LogP contribution in [-0.2, 0) is 20.9 Å². The molecule has 5 nitrogen and oxygen atoms in total. The second kappa shape index (κ2) is 11.7. The lowest BCUT2D eigenvalue weighted by Gasteiger charge is -2.15. The largest absolute Gasteiger partial charge is 0.503 e. The highest BCUT2D eigenvalue weighted by atomic mass is 35.5. The Kier molecular flexibility index (Phi) is 9.34. The molecule has 0 spiro atoms. The fourth-order valence-corrected chi connectivity index (χ4v) is 3.25. The third kappa shape index (κ3) is 6.57. The summed E-state index contributed by atoms with van der Waals surface area (Å²) in [6.45, 7) is 4.96. The number of rotatable bonds is 10. The zero-order valence-electron chi connectivity index (χ0n) is 17.5. The van der Waals surface area contributed by atoms with Gasteiger partial charge in [-0.25, -0.2) is 4.79 Å². The number of methoxy groups -OCH3 is 2. The van der Waals surface area contributed by atoms with Gasteiger partial charge in [0.05, 0.1) is 37.1 Å². The van der Waals surface area contributed by atoms with E-state index < -0.39 is 5.97 Å². The summed E-state index contributed by atoms with van der Waals surface area (Å²) in [4.78, 5) is 12.1. The van der Waals surface area contributed by atoms with Gasteiger partial charge in [-0.2, -0.15) is 0 Å². The van der Waals surface area contributed by atoms with E-state index in [2.05, 4.69) is 13.8 Å². The molecule has 0 heterocycles. The second-order valence-corrected chi connectivity index (χ2v) is 7.77. The maximum Gasteiger partial charge on any atom is 0.341 e. The molecule has 0 saturated carbocycles. The van der Waals surface area contributed by atoms with Crippen molar-refractivity contribution in [2.75, 3.05) is 20.8 Å². The summed E-state index contributed by atoms with van der Waals surface area (Å²) in [7, 11) is 2.79. The van der Waals surface area contributed by atoms with E-state index in [-0.39, 0.29) is 6.61 Å². The van der Waals surface area contributed by atoms with E-state index in [0.29, 0.717) is 45.2 Å². The lowest BCUT2D eigenvalue weighted by atomic mass is 10.0. The number of carbonyl (C=O) groups excluding carboxylic acids is 1. The molecule has 162 valence electrons. The lowest BCUT2D eigenvalue weighted by Crippen LogP contribution is -2.08. The Hall–Kier alpha value is -2.37. The summed E-state index contributed by atoms with van der Waals surface area (Å²) >= 11 is 12.7. The molecule has 0 unspecified atom stereocenters. The molecule has 0 amide bonds. The molecule has 0 aliphatic carbocycles. The number of halogens is 2. The van der Waals surface area contributed by atoms with Crippen molar-refractivity contribution in [1.29, 1.82) is 0 Å². The lowest BCUT2D eigenvalue weighted by molar-refractivity contribution is -0.133. The Morgan fingerprint density at radius 1 is 1.07 bits per heavy atom. The predicted molar refractivity (Wildman–Crippen MR) is 119 cm³/mol. The van der Waals surface area contributed by atoms with E-state index in [1.165, 1.54) is 20.5 Å². The molecular formula is C23H26Cl2O5. The topological polar surface area (TPSA) is 54.0 Å². The number of esters is 1. The summed E-state index contributed by atoms with van der Waals surface area (Å²) in [6, 6.07) is 10.7. The van der Waals surface area contributed by atoms with Gasteiger partial charge in [0.1, 0.15) is 17.9 Å². The summed E-state index contributed by atoms with van der Waals surface area (Å²) in [5.74, 6) is 0.958. The van der Waals surface area contributed by atoms with Crippen molar-refractivity contribution in [2.24, 2.45) is 5.92 Å². The van der Waals surface area contributed by atoms with Gasteiger partial charge in [-0.1, -0.05) is 61.3 Å². The number of benzene rings is 2. The van der Waals surface area contributed by atoms with Crippen LogP contribution in [0.2, 0.25) is 10.0 Å². The molecule has 0 atom stereocenters. The van der Waals surface area contributed by atoms with Crippen LogP contribution in [0.3, 0.4) is 0 Å². The van der Waals surface area contributed by atoms with Gasteiger partial charge in [-0.15, -0.1) is 0 Å². The van der Waals surface area contributed by atoms with Crippen molar-refractivity contribution in [2.45, 2.75) is 26.9 Å². The molecule has 0 aliphatic heterocycles. The molecule has 0 N–H and O–H groups in total. The molecule has 2 rings (SSSR count). The molecule has 0 radical (unpaired) electrons. The highest BCUT2D eigenvalue weighted by Gasteiger charge is 2.17. The number of carbonyl (C=O) groups is 1. The average molecular weight is 453 g/mol. The Labute approximate surface area is 187 Å². The minimum absolute atomic E-state index is 0.189. The number of ether oxygens (including phenoxy) is 4. The molecule has 0 aliphatic rings. The smallest absolute Gasteiger partial charge is 0.341 e. The molecule has 7 heteroatoms. The Balaban J connectivity index is 2.18. The Morgan fingerprint density at radius 2 is 1.73 bits per heavy atom. The monoisotopic (exact) mass is 452 g/mol. The van der Waals surface area contributed by atoms with E-state index >= 15 is 0 Å². The zero-order valence-corrected chi connectivity index (χ0v) is 19.0. The fraction of sp³-hybridized carbons (Fsp3) is 0.348. The average Bonchev–Trinajstić information content (AvgIpc) is 2.72. The van der Waals surface area contributed by atoms with Crippen LogP contribution in [-0.4, -0.2) is 26.8 Å². The van der Waals surface area contributed by atoms with Crippen LogP contribution in [0, 0.1) is 5.92 Å². The minimum Gasteiger partial charge on any atom is -0.503 e. The van der Waals surface area contributed by atoms with Crippen molar-refractivity contribution in [3.05, 3.63) is 63.8 Å². The van der Waals surface area contributed by atoms with Gasteiger partial charge in [0, 0.05) is 12.1 Å². The van der Waals surface area contributed by atoms with Crippen LogP contribution in [0.25, 0.3) is 5.57 Å². The van der Waals surface area contributed by atoms with Gasteiger partial charge in [-0.05, 0) is 23.5 Å². The fourth-order valence-electron chi connectivity index (χ4n) is 2.67. The van der Waals surface area contributed by atoms with E-state index in [1.54, 1.807) is 18.2 Å². The van der Waals surface area contributed by atoms with Gasteiger partial charge < -0.3 is 18.9 Å². The zero-order chi connectivity index (χ0) is 22.1. The predicted octanol–water partition coefficient (Wildman–Crippen LogP) is 6.16.